The summed E-state index contributed by atoms with van der Waals surface area (Å²) in [7, 11) is 1.48. The van der Waals surface area contributed by atoms with E-state index in [2.05, 4.69) is 5.16 Å². The Kier molecular flexibility index (Phi) is 6.13. The summed E-state index contributed by atoms with van der Waals surface area (Å²) >= 11 is 0. The topological polar surface area (TPSA) is 149 Å². The summed E-state index contributed by atoms with van der Waals surface area (Å²) in [5, 5.41) is 33.4. The molecule has 0 amide bonds. The number of aromatic nitrogens is 3. The first-order valence-corrected chi connectivity index (χ1v) is 8.73. The second-order valence-corrected chi connectivity index (χ2v) is 6.32. The quantitative estimate of drug-likeness (QED) is 0.417. The highest BCUT2D eigenvalue weighted by molar-refractivity contribution is 5.84. The zero-order valence-electron chi connectivity index (χ0n) is 15.8. The molecule has 2 heterocycles. The van der Waals surface area contributed by atoms with Gasteiger partial charge in [0.25, 0.3) is 5.56 Å². The Labute approximate surface area is 163 Å². The summed E-state index contributed by atoms with van der Waals surface area (Å²) in [5.74, 6) is 0.455. The minimum absolute atomic E-state index is 0.217. The van der Waals surface area contributed by atoms with Crippen LogP contribution in [-0.2, 0) is 11.3 Å². The maximum absolute atomic E-state index is 12.7. The van der Waals surface area contributed by atoms with Crippen molar-refractivity contribution < 1.29 is 29.3 Å². The van der Waals surface area contributed by atoms with E-state index in [0.29, 0.717) is 22.4 Å². The molecule has 0 aliphatic carbocycles. The van der Waals surface area contributed by atoms with Gasteiger partial charge in [-0.15, -0.1) is 0 Å². The van der Waals surface area contributed by atoms with E-state index in [-0.39, 0.29) is 6.54 Å². The van der Waals surface area contributed by atoms with Crippen molar-refractivity contribution in [2.45, 2.75) is 32.1 Å². The fourth-order valence-electron chi connectivity index (χ4n) is 2.79. The molecule has 0 aliphatic rings. The Morgan fingerprint density at radius 2 is 2.00 bits per heavy atom. The predicted molar refractivity (Wildman–Crippen MR) is 99.5 cm³/mol. The van der Waals surface area contributed by atoms with Crippen LogP contribution in [0.25, 0.3) is 11.0 Å². The highest BCUT2D eigenvalue weighted by Gasteiger charge is 2.22. The lowest BCUT2D eigenvalue weighted by Gasteiger charge is -2.23. The molecule has 0 spiro atoms. The molecule has 3 rings (SSSR count). The van der Waals surface area contributed by atoms with Crippen LogP contribution in [0.1, 0.15) is 19.0 Å². The van der Waals surface area contributed by atoms with Crippen molar-refractivity contribution in [1.29, 1.82) is 0 Å². The van der Waals surface area contributed by atoms with Crippen molar-refractivity contribution in [3.8, 4) is 5.75 Å². The van der Waals surface area contributed by atoms with Crippen LogP contribution < -0.4 is 16.0 Å². The Morgan fingerprint density at radius 3 is 2.66 bits per heavy atom. The van der Waals surface area contributed by atoms with Gasteiger partial charge in [0.2, 0.25) is 12.0 Å². The maximum atomic E-state index is 12.7. The van der Waals surface area contributed by atoms with Gasteiger partial charge in [-0.1, -0.05) is 11.2 Å². The molecule has 3 aromatic rings. The third kappa shape index (κ3) is 4.07. The lowest BCUT2D eigenvalue weighted by molar-refractivity contribution is -0.214. The summed E-state index contributed by atoms with van der Waals surface area (Å²) in [5.41, 5.74) is -0.790. The molecule has 2 aromatic heterocycles. The van der Waals surface area contributed by atoms with Gasteiger partial charge < -0.3 is 29.3 Å². The average molecular weight is 407 g/mol. The molecule has 156 valence electrons. The van der Waals surface area contributed by atoms with Crippen LogP contribution in [0.4, 0.5) is 0 Å². The first-order valence-electron chi connectivity index (χ1n) is 8.73. The van der Waals surface area contributed by atoms with E-state index in [9.17, 15) is 24.9 Å². The first-order chi connectivity index (χ1) is 13.9. The largest absolute Gasteiger partial charge is 0.493 e. The molecule has 11 nitrogen and oxygen atoms in total. The van der Waals surface area contributed by atoms with Crippen molar-refractivity contribution in [3.63, 3.8) is 0 Å². The van der Waals surface area contributed by atoms with Crippen LogP contribution >= 0.6 is 0 Å². The number of aliphatic hydroxyl groups is 3. The van der Waals surface area contributed by atoms with Crippen LogP contribution in [0.3, 0.4) is 0 Å². The molecule has 3 N–H and O–H groups in total. The van der Waals surface area contributed by atoms with Gasteiger partial charge in [-0.2, -0.15) is 0 Å². The summed E-state index contributed by atoms with van der Waals surface area (Å²) in [4.78, 5) is 25.0. The Balaban J connectivity index is 1.96. The Bertz CT molecular complexity index is 1100. The summed E-state index contributed by atoms with van der Waals surface area (Å²) in [6, 6.07) is 6.19. The van der Waals surface area contributed by atoms with Gasteiger partial charge in [0, 0.05) is 12.3 Å². The lowest BCUT2D eigenvalue weighted by atomic mass is 10.2. The second-order valence-electron chi connectivity index (χ2n) is 6.32. The zero-order valence-corrected chi connectivity index (χ0v) is 15.8. The lowest BCUT2D eigenvalue weighted by Crippen LogP contribution is -2.43. The summed E-state index contributed by atoms with van der Waals surface area (Å²) in [6.45, 7) is 0.572. The minimum Gasteiger partial charge on any atom is -0.493 e. The van der Waals surface area contributed by atoms with Gasteiger partial charge in [-0.05, 0) is 19.1 Å². The molecule has 0 bridgehead atoms. The number of ether oxygens (including phenoxy) is 2. The number of rotatable bonds is 8. The molecule has 0 aliphatic heterocycles. The molecule has 1 aromatic carbocycles. The summed E-state index contributed by atoms with van der Waals surface area (Å²) < 4.78 is 17.2. The number of benzene rings is 1. The number of methoxy groups -OCH3 is 1. The number of para-hydroxylation sites is 1. The van der Waals surface area contributed by atoms with E-state index in [0.717, 1.165) is 21.4 Å². The standard InChI is InChI=1S/C18H21N3O8/c1-10(23)14(9-22)28-18(26)20-7-6-15(24)21(17(20)25)8-12-11-4-3-5-13(27-2)16(11)29-19-12/h3-7,10,14,18,22-23,26H,8-9H2,1-2H3/t10-,14-,18+/m1/s1. The average Bonchev–Trinajstić information content (AvgIpc) is 3.11. The van der Waals surface area contributed by atoms with Crippen molar-refractivity contribution >= 4 is 11.0 Å². The van der Waals surface area contributed by atoms with Gasteiger partial charge in [0.05, 0.1) is 31.8 Å². The van der Waals surface area contributed by atoms with Gasteiger partial charge in [0.15, 0.2) is 5.75 Å². The third-order valence-corrected chi connectivity index (χ3v) is 4.41. The number of aliphatic hydroxyl groups excluding tert-OH is 3. The molecule has 0 saturated heterocycles. The number of fused-ring (bicyclic) bond motifs is 1. The molecule has 0 unspecified atom stereocenters. The highest BCUT2D eigenvalue weighted by Crippen LogP contribution is 2.27. The van der Waals surface area contributed by atoms with Gasteiger partial charge >= 0.3 is 5.69 Å². The first kappa shape index (κ1) is 20.7. The molecular formula is C18H21N3O8. The van der Waals surface area contributed by atoms with Crippen molar-refractivity contribution in [2.75, 3.05) is 13.7 Å². The fourth-order valence-corrected chi connectivity index (χ4v) is 2.79. The van der Waals surface area contributed by atoms with E-state index in [4.69, 9.17) is 14.0 Å². The Hall–Kier alpha value is -2.99. The van der Waals surface area contributed by atoms with E-state index in [1.54, 1.807) is 18.2 Å². The zero-order chi connectivity index (χ0) is 21.1. The minimum atomic E-state index is -1.82. The van der Waals surface area contributed by atoms with Crippen LogP contribution in [0.15, 0.2) is 44.6 Å². The fraction of sp³-hybridized carbons (Fsp3) is 0.389. The maximum Gasteiger partial charge on any atom is 0.335 e. The van der Waals surface area contributed by atoms with E-state index in [1.165, 1.54) is 14.0 Å². The molecule has 0 fully saturated rings. The number of hydrogen-bond acceptors (Lipinski definition) is 9. The van der Waals surface area contributed by atoms with E-state index < -0.39 is 36.5 Å². The molecule has 3 atom stereocenters. The predicted octanol–water partition coefficient (Wildman–Crippen LogP) is -0.585. The normalized spacial score (nSPS) is 14.7. The van der Waals surface area contributed by atoms with E-state index in [1.807, 2.05) is 0 Å². The van der Waals surface area contributed by atoms with Gasteiger partial charge in [0.1, 0.15) is 11.8 Å². The van der Waals surface area contributed by atoms with Gasteiger partial charge in [-0.3, -0.25) is 13.9 Å². The van der Waals surface area contributed by atoms with Crippen LogP contribution in [0.5, 0.6) is 5.75 Å². The van der Waals surface area contributed by atoms with Crippen LogP contribution in [0, 0.1) is 0 Å². The second kappa shape index (κ2) is 8.57. The SMILES string of the molecule is COc1cccc2c(Cn3c(=O)ccn([C@@H](O)O[C@H](CO)[C@@H](C)O)c3=O)noc12. The molecular weight excluding hydrogens is 386 g/mol. The van der Waals surface area contributed by atoms with Crippen LogP contribution in [0.2, 0.25) is 0 Å². The van der Waals surface area contributed by atoms with Crippen molar-refractivity contribution in [2.24, 2.45) is 0 Å². The molecule has 29 heavy (non-hydrogen) atoms. The van der Waals surface area contributed by atoms with Crippen molar-refractivity contribution in [1.82, 2.24) is 14.3 Å². The van der Waals surface area contributed by atoms with Crippen molar-refractivity contribution in [3.05, 3.63) is 57.0 Å². The highest BCUT2D eigenvalue weighted by atomic mass is 16.6. The monoisotopic (exact) mass is 407 g/mol. The Morgan fingerprint density at radius 1 is 1.24 bits per heavy atom. The van der Waals surface area contributed by atoms with Crippen LogP contribution in [-0.4, -0.2) is 55.5 Å². The summed E-state index contributed by atoms with van der Waals surface area (Å²) in [6.07, 6.45) is -2.97. The molecule has 0 saturated carbocycles. The number of hydrogen-bond donors (Lipinski definition) is 3. The molecule has 0 radical (unpaired) electrons. The smallest absolute Gasteiger partial charge is 0.335 e. The van der Waals surface area contributed by atoms with E-state index >= 15 is 0 Å². The van der Waals surface area contributed by atoms with Gasteiger partial charge in [-0.25, -0.2) is 4.79 Å². The number of nitrogens with zero attached hydrogens (tertiary/aromatic N) is 3. The molecule has 11 heteroatoms. The third-order valence-electron chi connectivity index (χ3n) is 4.41.